The molecule has 21 heavy (non-hydrogen) atoms. The molecule has 0 saturated heterocycles. The number of rotatable bonds is 4. The van der Waals surface area contributed by atoms with Crippen LogP contribution in [0.4, 0.5) is 0 Å². The number of aromatic nitrogens is 4. The van der Waals surface area contributed by atoms with Gasteiger partial charge in [-0.1, -0.05) is 6.92 Å². The van der Waals surface area contributed by atoms with Crippen molar-refractivity contribution in [2.45, 2.75) is 25.8 Å². The zero-order chi connectivity index (χ0) is 14.7. The van der Waals surface area contributed by atoms with E-state index in [1.807, 2.05) is 24.3 Å². The quantitative estimate of drug-likeness (QED) is 0.793. The molecular weight excluding hydrogens is 262 g/mol. The van der Waals surface area contributed by atoms with Crippen LogP contribution < -0.4 is 5.73 Å². The zero-order valence-corrected chi connectivity index (χ0v) is 11.9. The Bertz CT molecular complexity index is 756. The first-order chi connectivity index (χ1) is 10.3. The average Bonchev–Trinajstić information content (AvgIpc) is 2.54. The number of hydrogen-bond acceptors (Lipinski definition) is 5. The molecule has 5 heteroatoms. The molecule has 2 heterocycles. The Hall–Kier alpha value is -2.40. The molecule has 0 aliphatic heterocycles. The molecule has 0 aliphatic carbocycles. The first kappa shape index (κ1) is 13.6. The molecule has 0 fully saturated rings. The van der Waals surface area contributed by atoms with Crippen molar-refractivity contribution in [2.24, 2.45) is 5.73 Å². The maximum atomic E-state index is 5.99. The number of fused-ring (bicyclic) bond motifs is 1. The molecule has 0 saturated carbocycles. The molecule has 0 spiro atoms. The molecule has 3 rings (SSSR count). The summed E-state index contributed by atoms with van der Waals surface area (Å²) in [5, 5.41) is 0. The van der Waals surface area contributed by atoms with E-state index >= 15 is 0 Å². The molecule has 0 radical (unpaired) electrons. The first-order valence-corrected chi connectivity index (χ1v) is 7.05. The lowest BCUT2D eigenvalue weighted by Crippen LogP contribution is -2.22. The molecular formula is C16H17N5. The van der Waals surface area contributed by atoms with Crippen molar-refractivity contribution >= 4 is 11.0 Å². The van der Waals surface area contributed by atoms with Gasteiger partial charge in [-0.2, -0.15) is 0 Å². The van der Waals surface area contributed by atoms with Crippen molar-refractivity contribution in [2.75, 3.05) is 0 Å². The van der Waals surface area contributed by atoms with Crippen LogP contribution in [0.1, 0.15) is 19.0 Å². The predicted molar refractivity (Wildman–Crippen MR) is 82.5 cm³/mol. The van der Waals surface area contributed by atoms with E-state index in [0.29, 0.717) is 5.82 Å². The van der Waals surface area contributed by atoms with Crippen molar-refractivity contribution in [1.29, 1.82) is 0 Å². The molecule has 106 valence electrons. The molecule has 1 atom stereocenters. The fourth-order valence-electron chi connectivity index (χ4n) is 2.16. The molecule has 1 aromatic carbocycles. The summed E-state index contributed by atoms with van der Waals surface area (Å²) in [4.78, 5) is 17.5. The topological polar surface area (TPSA) is 77.6 Å². The summed E-state index contributed by atoms with van der Waals surface area (Å²) in [6.45, 7) is 2.08. The lowest BCUT2D eigenvalue weighted by atomic mass is 10.1. The van der Waals surface area contributed by atoms with Gasteiger partial charge in [0.25, 0.3) is 0 Å². The maximum absolute atomic E-state index is 5.99. The highest BCUT2D eigenvalue weighted by atomic mass is 14.9. The highest BCUT2D eigenvalue weighted by molar-refractivity contribution is 5.79. The van der Waals surface area contributed by atoms with E-state index in [1.54, 1.807) is 18.6 Å². The average molecular weight is 279 g/mol. The molecule has 3 aromatic rings. The fourth-order valence-corrected chi connectivity index (χ4v) is 2.16. The van der Waals surface area contributed by atoms with Gasteiger partial charge in [0.15, 0.2) is 5.82 Å². The smallest absolute Gasteiger partial charge is 0.159 e. The third kappa shape index (κ3) is 3.03. The van der Waals surface area contributed by atoms with E-state index in [2.05, 4.69) is 26.9 Å². The van der Waals surface area contributed by atoms with Gasteiger partial charge in [-0.3, -0.25) is 9.97 Å². The third-order valence-electron chi connectivity index (χ3n) is 3.44. The summed E-state index contributed by atoms with van der Waals surface area (Å²) in [6, 6.07) is 7.91. The van der Waals surface area contributed by atoms with Crippen molar-refractivity contribution in [1.82, 2.24) is 19.9 Å². The summed E-state index contributed by atoms with van der Waals surface area (Å²) in [5.74, 6) is 0.698. The standard InChI is InChI=1S/C16H17N5/c1-2-12(17)10-13-5-6-20-16(21-13)11-3-4-14-15(9-11)19-8-7-18-14/h3-9,12H,2,10,17H2,1H3. The van der Waals surface area contributed by atoms with E-state index in [9.17, 15) is 0 Å². The second kappa shape index (κ2) is 5.93. The van der Waals surface area contributed by atoms with E-state index in [4.69, 9.17) is 5.73 Å². The van der Waals surface area contributed by atoms with Crippen LogP contribution in [0, 0.1) is 0 Å². The van der Waals surface area contributed by atoms with E-state index in [1.165, 1.54) is 0 Å². The fraction of sp³-hybridized carbons (Fsp3) is 0.250. The lowest BCUT2D eigenvalue weighted by Gasteiger charge is -2.09. The minimum Gasteiger partial charge on any atom is -0.327 e. The van der Waals surface area contributed by atoms with E-state index in [-0.39, 0.29) is 6.04 Å². The number of nitrogens with zero attached hydrogens (tertiary/aromatic N) is 4. The van der Waals surface area contributed by atoms with Crippen molar-refractivity contribution in [3.8, 4) is 11.4 Å². The van der Waals surface area contributed by atoms with E-state index in [0.717, 1.165) is 35.1 Å². The monoisotopic (exact) mass is 279 g/mol. The van der Waals surface area contributed by atoms with Crippen molar-refractivity contribution in [3.05, 3.63) is 48.5 Å². The van der Waals surface area contributed by atoms with E-state index < -0.39 is 0 Å². The van der Waals surface area contributed by atoms with Crippen LogP contribution in [-0.4, -0.2) is 26.0 Å². The van der Waals surface area contributed by atoms with Crippen LogP contribution in [0.25, 0.3) is 22.4 Å². The summed E-state index contributed by atoms with van der Waals surface area (Å²) in [5.41, 5.74) is 9.60. The molecule has 2 N–H and O–H groups in total. The summed E-state index contributed by atoms with van der Waals surface area (Å²) in [7, 11) is 0. The minimum atomic E-state index is 0.134. The Morgan fingerprint density at radius 1 is 1.00 bits per heavy atom. The molecule has 5 nitrogen and oxygen atoms in total. The molecule has 1 unspecified atom stereocenters. The zero-order valence-electron chi connectivity index (χ0n) is 11.9. The summed E-state index contributed by atoms with van der Waals surface area (Å²) >= 11 is 0. The van der Waals surface area contributed by atoms with Gasteiger partial charge < -0.3 is 5.73 Å². The number of nitrogens with two attached hydrogens (primary N) is 1. The molecule has 0 amide bonds. The summed E-state index contributed by atoms with van der Waals surface area (Å²) < 4.78 is 0. The largest absolute Gasteiger partial charge is 0.327 e. The van der Waals surface area contributed by atoms with Gasteiger partial charge >= 0.3 is 0 Å². The Morgan fingerprint density at radius 2 is 1.81 bits per heavy atom. The highest BCUT2D eigenvalue weighted by Gasteiger charge is 2.07. The van der Waals surface area contributed by atoms with Crippen LogP contribution in [0.3, 0.4) is 0 Å². The van der Waals surface area contributed by atoms with Crippen LogP contribution in [0.15, 0.2) is 42.9 Å². The Labute approximate surface area is 123 Å². The Morgan fingerprint density at radius 3 is 2.62 bits per heavy atom. The van der Waals surface area contributed by atoms with Crippen LogP contribution in [-0.2, 0) is 6.42 Å². The van der Waals surface area contributed by atoms with Gasteiger partial charge in [0.05, 0.1) is 11.0 Å². The minimum absolute atomic E-state index is 0.134. The van der Waals surface area contributed by atoms with Gasteiger partial charge in [0.2, 0.25) is 0 Å². The second-order valence-corrected chi connectivity index (χ2v) is 5.00. The van der Waals surface area contributed by atoms with Gasteiger partial charge in [0, 0.05) is 42.3 Å². The normalized spacial score (nSPS) is 12.5. The lowest BCUT2D eigenvalue weighted by molar-refractivity contribution is 0.636. The second-order valence-electron chi connectivity index (χ2n) is 5.00. The number of hydrogen-bond donors (Lipinski definition) is 1. The maximum Gasteiger partial charge on any atom is 0.159 e. The predicted octanol–water partition coefficient (Wildman–Crippen LogP) is 2.37. The Balaban J connectivity index is 1.96. The van der Waals surface area contributed by atoms with Crippen LogP contribution >= 0.6 is 0 Å². The highest BCUT2D eigenvalue weighted by Crippen LogP contribution is 2.19. The molecule has 0 aliphatic rings. The van der Waals surface area contributed by atoms with Crippen LogP contribution in [0.5, 0.6) is 0 Å². The molecule has 2 aromatic heterocycles. The van der Waals surface area contributed by atoms with Gasteiger partial charge in [0.1, 0.15) is 0 Å². The number of benzene rings is 1. The van der Waals surface area contributed by atoms with Gasteiger partial charge in [-0.25, -0.2) is 9.97 Å². The van der Waals surface area contributed by atoms with Gasteiger partial charge in [-0.05, 0) is 30.7 Å². The first-order valence-electron chi connectivity index (χ1n) is 7.05. The Kier molecular flexibility index (Phi) is 3.83. The van der Waals surface area contributed by atoms with Crippen molar-refractivity contribution < 1.29 is 0 Å². The SMILES string of the molecule is CCC(N)Cc1ccnc(-c2ccc3nccnc3c2)n1. The van der Waals surface area contributed by atoms with Crippen molar-refractivity contribution in [3.63, 3.8) is 0 Å². The summed E-state index contributed by atoms with van der Waals surface area (Å²) in [6.07, 6.45) is 6.85. The third-order valence-corrected chi connectivity index (χ3v) is 3.44. The van der Waals surface area contributed by atoms with Crippen LogP contribution in [0.2, 0.25) is 0 Å². The van der Waals surface area contributed by atoms with Gasteiger partial charge in [-0.15, -0.1) is 0 Å². The molecule has 0 bridgehead atoms.